The number of primary amides is 1. The molecule has 3 rings (SSSR count). The van der Waals surface area contributed by atoms with Crippen LogP contribution in [0.25, 0.3) is 0 Å². The second-order valence-electron chi connectivity index (χ2n) is 6.22. The minimum atomic E-state index is -3.05. The van der Waals surface area contributed by atoms with Gasteiger partial charge in [0.15, 0.2) is 5.13 Å². The van der Waals surface area contributed by atoms with Crippen LogP contribution in [0.3, 0.4) is 0 Å². The predicted molar refractivity (Wildman–Crippen MR) is 113 cm³/mol. The van der Waals surface area contributed by atoms with Crippen molar-refractivity contribution in [1.82, 2.24) is 9.97 Å². The lowest BCUT2D eigenvalue weighted by Gasteiger charge is -2.27. The van der Waals surface area contributed by atoms with E-state index in [1.807, 2.05) is 0 Å². The first-order chi connectivity index (χ1) is 14.7. The minimum absolute atomic E-state index is 0.0350. The zero-order valence-corrected chi connectivity index (χ0v) is 17.5. The maximum atomic E-state index is 12.8. The van der Waals surface area contributed by atoms with Crippen LogP contribution in [-0.4, -0.2) is 34.3 Å². The Hall–Kier alpha value is -3.31. The topological polar surface area (TPSA) is 124 Å². The highest BCUT2D eigenvalue weighted by molar-refractivity contribution is 7.18. The third-order valence-corrected chi connectivity index (χ3v) is 5.57. The van der Waals surface area contributed by atoms with Gasteiger partial charge in [-0.15, -0.1) is 0 Å². The molecule has 8 nitrogen and oxygen atoms in total. The number of nitrogen functional groups attached to an aromatic ring is 1. The number of amides is 1. The van der Waals surface area contributed by atoms with Crippen molar-refractivity contribution in [3.05, 3.63) is 58.2 Å². The Bertz CT molecular complexity index is 1110. The maximum Gasteiger partial charge on any atom is 0.387 e. The highest BCUT2D eigenvalue weighted by Crippen LogP contribution is 2.38. The summed E-state index contributed by atoms with van der Waals surface area (Å²) in [6, 6.07) is 6.10. The fourth-order valence-corrected chi connectivity index (χ4v) is 3.95. The summed E-state index contributed by atoms with van der Waals surface area (Å²) in [5.74, 6) is -1.33. The highest BCUT2D eigenvalue weighted by Gasteiger charge is 2.28. The van der Waals surface area contributed by atoms with E-state index < -0.39 is 18.6 Å². The standard InChI is InChI=1S/C19H16ClF2N5O3S/c1-9(17(24)29)27(11-2-3-13(12(20)8-11)30-18(21)22)19-26-16(23)15(31-19)14(28)10-4-6-25-7-5-10/h2-9,18H,23H2,1H3,(H2,24,29). The normalized spacial score (nSPS) is 11.9. The average Bonchev–Trinajstić information content (AvgIpc) is 3.10. The van der Waals surface area contributed by atoms with Crippen LogP contribution >= 0.6 is 22.9 Å². The summed E-state index contributed by atoms with van der Waals surface area (Å²) in [5.41, 5.74) is 12.1. The molecule has 162 valence electrons. The molecular weight excluding hydrogens is 452 g/mol. The quantitative estimate of drug-likeness (QED) is 0.485. The van der Waals surface area contributed by atoms with Gasteiger partial charge in [-0.3, -0.25) is 14.6 Å². The molecular formula is C19H16ClF2N5O3S. The zero-order chi connectivity index (χ0) is 22.7. The van der Waals surface area contributed by atoms with Crippen LogP contribution in [0.4, 0.5) is 25.4 Å². The molecule has 1 aromatic carbocycles. The minimum Gasteiger partial charge on any atom is -0.433 e. The van der Waals surface area contributed by atoms with Gasteiger partial charge in [-0.05, 0) is 37.3 Å². The molecule has 1 amide bonds. The van der Waals surface area contributed by atoms with Gasteiger partial charge in [-0.1, -0.05) is 22.9 Å². The number of hydrogen-bond acceptors (Lipinski definition) is 8. The van der Waals surface area contributed by atoms with Gasteiger partial charge < -0.3 is 21.1 Å². The smallest absolute Gasteiger partial charge is 0.387 e. The molecule has 0 saturated heterocycles. The summed E-state index contributed by atoms with van der Waals surface area (Å²) in [5, 5.41) is 0.0804. The fourth-order valence-electron chi connectivity index (χ4n) is 2.68. The third-order valence-electron chi connectivity index (χ3n) is 4.21. The number of ketones is 1. The number of carbonyl (C=O) groups excluding carboxylic acids is 2. The summed E-state index contributed by atoms with van der Waals surface area (Å²) < 4.78 is 29.4. The first kappa shape index (κ1) is 22.4. The van der Waals surface area contributed by atoms with E-state index in [4.69, 9.17) is 23.1 Å². The Morgan fingerprint density at radius 1 is 1.23 bits per heavy atom. The van der Waals surface area contributed by atoms with Crippen LogP contribution in [0.2, 0.25) is 5.02 Å². The molecule has 4 N–H and O–H groups in total. The lowest BCUT2D eigenvalue weighted by molar-refractivity contribution is -0.118. The lowest BCUT2D eigenvalue weighted by Crippen LogP contribution is -2.39. The average molecular weight is 468 g/mol. The van der Waals surface area contributed by atoms with E-state index >= 15 is 0 Å². The second kappa shape index (κ2) is 9.23. The molecule has 2 heterocycles. The Kier molecular flexibility index (Phi) is 6.66. The fraction of sp³-hybridized carbons (Fsp3) is 0.158. The number of nitrogens with zero attached hydrogens (tertiary/aromatic N) is 3. The number of nitrogens with two attached hydrogens (primary N) is 2. The SMILES string of the molecule is CC(C(N)=O)N(c1ccc(OC(F)F)c(Cl)c1)c1nc(N)c(C(=O)c2ccncc2)s1. The monoisotopic (exact) mass is 467 g/mol. The van der Waals surface area contributed by atoms with Crippen LogP contribution in [-0.2, 0) is 4.79 Å². The molecule has 0 aliphatic rings. The molecule has 1 atom stereocenters. The molecule has 0 aliphatic carbocycles. The predicted octanol–water partition coefficient (Wildman–Crippen LogP) is 3.62. The highest BCUT2D eigenvalue weighted by atomic mass is 35.5. The summed E-state index contributed by atoms with van der Waals surface area (Å²) in [7, 11) is 0. The van der Waals surface area contributed by atoms with Gasteiger partial charge in [0.2, 0.25) is 11.7 Å². The van der Waals surface area contributed by atoms with Gasteiger partial charge in [0.25, 0.3) is 0 Å². The van der Waals surface area contributed by atoms with Gasteiger partial charge in [0, 0.05) is 23.6 Å². The van der Waals surface area contributed by atoms with E-state index in [2.05, 4.69) is 14.7 Å². The molecule has 0 bridgehead atoms. The maximum absolute atomic E-state index is 12.8. The number of carbonyl (C=O) groups is 2. The summed E-state index contributed by atoms with van der Waals surface area (Å²) in [4.78, 5) is 34.4. The largest absolute Gasteiger partial charge is 0.433 e. The van der Waals surface area contributed by atoms with Gasteiger partial charge >= 0.3 is 6.61 Å². The number of benzene rings is 1. The number of alkyl halides is 2. The first-order valence-electron chi connectivity index (χ1n) is 8.73. The molecule has 0 saturated carbocycles. The summed E-state index contributed by atoms with van der Waals surface area (Å²) in [6.07, 6.45) is 2.94. The molecule has 0 spiro atoms. The van der Waals surface area contributed by atoms with Crippen molar-refractivity contribution in [3.63, 3.8) is 0 Å². The van der Waals surface area contributed by atoms with Crippen LogP contribution in [0.1, 0.15) is 22.2 Å². The zero-order valence-electron chi connectivity index (χ0n) is 16.0. The molecule has 12 heteroatoms. The van der Waals surface area contributed by atoms with Crippen molar-refractivity contribution in [2.24, 2.45) is 5.73 Å². The van der Waals surface area contributed by atoms with E-state index in [1.54, 1.807) is 0 Å². The summed E-state index contributed by atoms with van der Waals surface area (Å²) >= 11 is 7.00. The van der Waals surface area contributed by atoms with Crippen LogP contribution < -0.4 is 21.1 Å². The van der Waals surface area contributed by atoms with Crippen molar-refractivity contribution in [2.45, 2.75) is 19.6 Å². The lowest BCUT2D eigenvalue weighted by atomic mass is 10.1. The molecule has 31 heavy (non-hydrogen) atoms. The number of pyridine rings is 1. The van der Waals surface area contributed by atoms with Crippen LogP contribution in [0, 0.1) is 0 Å². The second-order valence-corrected chi connectivity index (χ2v) is 7.60. The number of anilines is 3. The van der Waals surface area contributed by atoms with Gasteiger partial charge in [-0.2, -0.15) is 8.78 Å². The molecule has 0 radical (unpaired) electrons. The van der Waals surface area contributed by atoms with E-state index in [0.717, 1.165) is 11.3 Å². The van der Waals surface area contributed by atoms with E-state index in [0.29, 0.717) is 11.3 Å². The van der Waals surface area contributed by atoms with Gasteiger partial charge in [-0.25, -0.2) is 4.98 Å². The third kappa shape index (κ3) is 4.89. The molecule has 0 aliphatic heterocycles. The molecule has 2 aromatic heterocycles. The number of aromatic nitrogens is 2. The van der Waals surface area contributed by atoms with Crippen LogP contribution in [0.5, 0.6) is 5.75 Å². The van der Waals surface area contributed by atoms with E-state index in [-0.39, 0.29) is 32.4 Å². The van der Waals surface area contributed by atoms with Gasteiger partial charge in [0.05, 0.1) is 5.02 Å². The van der Waals surface area contributed by atoms with E-state index in [9.17, 15) is 18.4 Å². The Morgan fingerprint density at radius 2 is 1.90 bits per heavy atom. The van der Waals surface area contributed by atoms with Crippen LogP contribution in [0.15, 0.2) is 42.7 Å². The first-order valence-corrected chi connectivity index (χ1v) is 9.92. The molecule has 3 aromatic rings. The number of halogens is 3. The number of rotatable bonds is 8. The molecule has 0 fully saturated rings. The number of ether oxygens (including phenoxy) is 1. The van der Waals surface area contributed by atoms with Crippen molar-refractivity contribution in [3.8, 4) is 5.75 Å². The number of hydrogen-bond donors (Lipinski definition) is 2. The number of thiazole rings is 1. The van der Waals surface area contributed by atoms with Gasteiger partial charge in [0.1, 0.15) is 22.5 Å². The molecule has 1 unspecified atom stereocenters. The van der Waals surface area contributed by atoms with Crippen molar-refractivity contribution in [2.75, 3.05) is 10.6 Å². The van der Waals surface area contributed by atoms with Crippen molar-refractivity contribution in [1.29, 1.82) is 0 Å². The summed E-state index contributed by atoms with van der Waals surface area (Å²) in [6.45, 7) is -1.54. The Labute approximate surface area is 184 Å². The Morgan fingerprint density at radius 3 is 2.48 bits per heavy atom. The Balaban J connectivity index is 2.04. The van der Waals surface area contributed by atoms with Crippen molar-refractivity contribution >= 4 is 51.3 Å². The van der Waals surface area contributed by atoms with Crippen molar-refractivity contribution < 1.29 is 23.1 Å². The van der Waals surface area contributed by atoms with E-state index in [1.165, 1.54) is 54.5 Å².